The Balaban J connectivity index is 2.35. The van der Waals surface area contributed by atoms with E-state index in [2.05, 4.69) is 5.32 Å². The molecular weight excluding hydrogens is 214 g/mol. The van der Waals surface area contributed by atoms with Crippen molar-refractivity contribution in [3.8, 4) is 0 Å². The number of carboxylic acids is 1. The second-order valence-corrected chi connectivity index (χ2v) is 4.02. The predicted octanol–water partition coefficient (Wildman–Crippen LogP) is 1.79. The molecule has 5 heteroatoms. The monoisotopic (exact) mass is 227 g/mol. The van der Waals surface area contributed by atoms with Gasteiger partial charge in [0.25, 0.3) is 0 Å². The van der Waals surface area contributed by atoms with Crippen molar-refractivity contribution in [3.63, 3.8) is 0 Å². The van der Waals surface area contributed by atoms with E-state index in [1.54, 1.807) is 11.3 Å². The number of carbonyl (C=O) groups is 2. The van der Waals surface area contributed by atoms with E-state index in [9.17, 15) is 9.59 Å². The van der Waals surface area contributed by atoms with Gasteiger partial charge in [0.05, 0.1) is 12.5 Å². The lowest BCUT2D eigenvalue weighted by Crippen LogP contribution is -2.26. The van der Waals surface area contributed by atoms with Crippen molar-refractivity contribution >= 4 is 23.2 Å². The van der Waals surface area contributed by atoms with Crippen LogP contribution in [0.25, 0.3) is 0 Å². The van der Waals surface area contributed by atoms with Gasteiger partial charge in [-0.05, 0) is 29.3 Å². The van der Waals surface area contributed by atoms with Crippen LogP contribution >= 0.6 is 11.3 Å². The molecule has 1 amide bonds. The molecule has 0 saturated heterocycles. The summed E-state index contributed by atoms with van der Waals surface area (Å²) in [6, 6.07) is 1.88. The van der Waals surface area contributed by atoms with Gasteiger partial charge in [0, 0.05) is 6.42 Å². The van der Waals surface area contributed by atoms with Crippen molar-refractivity contribution in [2.24, 2.45) is 0 Å². The summed E-state index contributed by atoms with van der Waals surface area (Å²) in [4.78, 5) is 21.5. The van der Waals surface area contributed by atoms with E-state index in [0.29, 0.717) is 0 Å². The number of carbonyl (C=O) groups excluding carboxylic acids is 1. The Bertz CT molecular complexity index is 334. The third-order valence-corrected chi connectivity index (χ3v) is 2.69. The molecule has 0 fully saturated rings. The van der Waals surface area contributed by atoms with Gasteiger partial charge in [-0.15, -0.1) is 0 Å². The van der Waals surface area contributed by atoms with Crippen LogP contribution in [0.5, 0.6) is 0 Å². The maximum absolute atomic E-state index is 11.3. The average Bonchev–Trinajstić information content (AvgIpc) is 2.67. The lowest BCUT2D eigenvalue weighted by atomic mass is 10.2. The number of amides is 1. The first-order chi connectivity index (χ1) is 7.09. The SMILES string of the molecule is CC(NC(=O)CCC(=O)O)c1ccsc1. The van der Waals surface area contributed by atoms with E-state index < -0.39 is 5.97 Å². The molecule has 1 aromatic heterocycles. The minimum atomic E-state index is -0.951. The minimum absolute atomic E-state index is 0.0316. The highest BCUT2D eigenvalue weighted by atomic mass is 32.1. The Kier molecular flexibility index (Phi) is 4.30. The summed E-state index contributed by atoms with van der Waals surface area (Å²) in [7, 11) is 0. The van der Waals surface area contributed by atoms with Crippen LogP contribution in [0.15, 0.2) is 16.8 Å². The normalized spacial score (nSPS) is 12.1. The topological polar surface area (TPSA) is 66.4 Å². The molecule has 0 bridgehead atoms. The summed E-state index contributed by atoms with van der Waals surface area (Å²) < 4.78 is 0. The zero-order chi connectivity index (χ0) is 11.3. The number of carboxylic acid groups (broad SMARTS) is 1. The second-order valence-electron chi connectivity index (χ2n) is 3.24. The first kappa shape index (κ1) is 11.7. The molecule has 0 aliphatic rings. The van der Waals surface area contributed by atoms with E-state index in [-0.39, 0.29) is 24.8 Å². The van der Waals surface area contributed by atoms with Gasteiger partial charge in [0.1, 0.15) is 0 Å². The summed E-state index contributed by atoms with van der Waals surface area (Å²) in [5.41, 5.74) is 1.05. The molecule has 15 heavy (non-hydrogen) atoms. The number of nitrogens with one attached hydrogen (secondary N) is 1. The Hall–Kier alpha value is -1.36. The summed E-state index contributed by atoms with van der Waals surface area (Å²) in [6.45, 7) is 1.88. The third-order valence-electron chi connectivity index (χ3n) is 1.99. The molecular formula is C10H13NO3S. The van der Waals surface area contributed by atoms with Crippen molar-refractivity contribution in [3.05, 3.63) is 22.4 Å². The smallest absolute Gasteiger partial charge is 0.303 e. The first-order valence-electron chi connectivity index (χ1n) is 4.63. The highest BCUT2D eigenvalue weighted by molar-refractivity contribution is 7.07. The third kappa shape index (κ3) is 4.12. The van der Waals surface area contributed by atoms with Gasteiger partial charge in [-0.2, -0.15) is 11.3 Å². The van der Waals surface area contributed by atoms with Crippen molar-refractivity contribution in [2.45, 2.75) is 25.8 Å². The Morgan fingerprint density at radius 2 is 2.27 bits per heavy atom. The summed E-state index contributed by atoms with van der Waals surface area (Å²) >= 11 is 1.57. The van der Waals surface area contributed by atoms with Crippen molar-refractivity contribution in [2.75, 3.05) is 0 Å². The Labute approximate surface area is 91.9 Å². The Morgan fingerprint density at radius 1 is 1.53 bits per heavy atom. The molecule has 0 aliphatic heterocycles. The zero-order valence-corrected chi connectivity index (χ0v) is 9.21. The largest absolute Gasteiger partial charge is 0.481 e. The van der Waals surface area contributed by atoms with Crippen molar-refractivity contribution in [1.82, 2.24) is 5.32 Å². The van der Waals surface area contributed by atoms with E-state index >= 15 is 0 Å². The maximum Gasteiger partial charge on any atom is 0.303 e. The first-order valence-corrected chi connectivity index (χ1v) is 5.57. The standard InChI is InChI=1S/C10H13NO3S/c1-7(8-4-5-15-6-8)11-9(12)2-3-10(13)14/h4-7H,2-3H2,1H3,(H,11,12)(H,13,14). The molecule has 0 spiro atoms. The zero-order valence-electron chi connectivity index (χ0n) is 8.40. The van der Waals surface area contributed by atoms with Gasteiger partial charge in [0.15, 0.2) is 0 Å². The number of hydrogen-bond acceptors (Lipinski definition) is 3. The van der Waals surface area contributed by atoms with Crippen LogP contribution in [-0.4, -0.2) is 17.0 Å². The summed E-state index contributed by atoms with van der Waals surface area (Å²) in [6.07, 6.45) is -0.0913. The molecule has 1 aromatic rings. The van der Waals surface area contributed by atoms with E-state index in [4.69, 9.17) is 5.11 Å². The molecule has 1 rings (SSSR count). The minimum Gasteiger partial charge on any atom is -0.481 e. The van der Waals surface area contributed by atoms with Gasteiger partial charge in [-0.3, -0.25) is 9.59 Å². The average molecular weight is 227 g/mol. The molecule has 0 aliphatic carbocycles. The molecule has 2 N–H and O–H groups in total. The fourth-order valence-corrected chi connectivity index (χ4v) is 1.89. The quantitative estimate of drug-likeness (QED) is 0.806. The van der Waals surface area contributed by atoms with Crippen LogP contribution in [-0.2, 0) is 9.59 Å². The van der Waals surface area contributed by atoms with Crippen LogP contribution in [0.4, 0.5) is 0 Å². The fraction of sp³-hybridized carbons (Fsp3) is 0.400. The van der Waals surface area contributed by atoms with Gasteiger partial charge < -0.3 is 10.4 Å². The summed E-state index contributed by atoms with van der Waals surface area (Å²) in [5.74, 6) is -1.18. The van der Waals surface area contributed by atoms with Gasteiger partial charge in [-0.1, -0.05) is 0 Å². The molecule has 82 valence electrons. The predicted molar refractivity (Wildman–Crippen MR) is 57.7 cm³/mol. The molecule has 1 atom stereocenters. The summed E-state index contributed by atoms with van der Waals surface area (Å²) in [5, 5.41) is 15.0. The molecule has 4 nitrogen and oxygen atoms in total. The van der Waals surface area contributed by atoms with Gasteiger partial charge in [-0.25, -0.2) is 0 Å². The van der Waals surface area contributed by atoms with Gasteiger partial charge >= 0.3 is 5.97 Å². The van der Waals surface area contributed by atoms with Crippen LogP contribution in [0.2, 0.25) is 0 Å². The van der Waals surface area contributed by atoms with Crippen LogP contribution in [0, 0.1) is 0 Å². The van der Waals surface area contributed by atoms with Crippen molar-refractivity contribution < 1.29 is 14.7 Å². The number of thiophene rings is 1. The van der Waals surface area contributed by atoms with Gasteiger partial charge in [0.2, 0.25) is 5.91 Å². The number of rotatable bonds is 5. The van der Waals surface area contributed by atoms with Crippen LogP contribution in [0.1, 0.15) is 31.4 Å². The maximum atomic E-state index is 11.3. The van der Waals surface area contributed by atoms with Crippen molar-refractivity contribution in [1.29, 1.82) is 0 Å². The molecule has 0 aromatic carbocycles. The highest BCUT2D eigenvalue weighted by Crippen LogP contribution is 2.15. The number of aliphatic carboxylic acids is 1. The van der Waals surface area contributed by atoms with E-state index in [0.717, 1.165) is 5.56 Å². The lowest BCUT2D eigenvalue weighted by Gasteiger charge is -2.11. The van der Waals surface area contributed by atoms with E-state index in [1.807, 2.05) is 23.8 Å². The molecule has 0 radical (unpaired) electrons. The van der Waals surface area contributed by atoms with Crippen LogP contribution in [0.3, 0.4) is 0 Å². The second kappa shape index (κ2) is 5.50. The fourth-order valence-electron chi connectivity index (χ4n) is 1.14. The van der Waals surface area contributed by atoms with Crippen LogP contribution < -0.4 is 5.32 Å². The molecule has 1 unspecified atom stereocenters. The number of hydrogen-bond donors (Lipinski definition) is 2. The molecule has 0 saturated carbocycles. The lowest BCUT2D eigenvalue weighted by molar-refractivity contribution is -0.138. The highest BCUT2D eigenvalue weighted by Gasteiger charge is 2.10. The Morgan fingerprint density at radius 3 is 2.80 bits per heavy atom. The molecule has 1 heterocycles. The van der Waals surface area contributed by atoms with E-state index in [1.165, 1.54) is 0 Å².